The van der Waals surface area contributed by atoms with Crippen LogP contribution in [0.25, 0.3) is 0 Å². The molecule has 2 rings (SSSR count). The summed E-state index contributed by atoms with van der Waals surface area (Å²) in [5.74, 6) is 3.05. The Kier molecular flexibility index (Phi) is 12.8. The van der Waals surface area contributed by atoms with Crippen LogP contribution in [0.4, 0.5) is 0 Å². The second-order valence-electron chi connectivity index (χ2n) is 7.00. The molecule has 2 N–H and O–H groups in total. The largest absolute Gasteiger partial charge is 0.493 e. The lowest BCUT2D eigenvalue weighted by Crippen LogP contribution is -2.36. The summed E-state index contributed by atoms with van der Waals surface area (Å²) in [6, 6.07) is 13.9. The average Bonchev–Trinajstić information content (AvgIpc) is 2.76. The lowest BCUT2D eigenvalue weighted by Gasteiger charge is -2.16. The van der Waals surface area contributed by atoms with Gasteiger partial charge in [-0.05, 0) is 44.8 Å². The fourth-order valence-electron chi connectivity index (χ4n) is 2.80. The highest BCUT2D eigenvalue weighted by Crippen LogP contribution is 2.27. The first-order valence-electron chi connectivity index (χ1n) is 10.2. The van der Waals surface area contributed by atoms with Gasteiger partial charge in [-0.3, -0.25) is 0 Å². The predicted molar refractivity (Wildman–Crippen MR) is 137 cm³/mol. The number of halogens is 1. The van der Waals surface area contributed by atoms with Crippen LogP contribution in [-0.2, 0) is 13.1 Å². The van der Waals surface area contributed by atoms with Crippen LogP contribution in [-0.4, -0.2) is 58.9 Å². The third-order valence-corrected chi connectivity index (χ3v) is 4.43. The zero-order chi connectivity index (χ0) is 21.8. The highest BCUT2D eigenvalue weighted by Gasteiger charge is 2.07. The van der Waals surface area contributed by atoms with Gasteiger partial charge in [0.25, 0.3) is 0 Å². The summed E-state index contributed by atoms with van der Waals surface area (Å²) in [5, 5.41) is 6.68. The Morgan fingerprint density at radius 3 is 2.39 bits per heavy atom. The van der Waals surface area contributed by atoms with Crippen molar-refractivity contribution in [2.24, 2.45) is 4.99 Å². The first-order valence-corrected chi connectivity index (χ1v) is 10.2. The Morgan fingerprint density at radius 2 is 1.71 bits per heavy atom. The van der Waals surface area contributed by atoms with Crippen molar-refractivity contribution in [2.45, 2.75) is 20.0 Å². The maximum Gasteiger partial charge on any atom is 0.191 e. The summed E-state index contributed by atoms with van der Waals surface area (Å²) >= 11 is 0. The van der Waals surface area contributed by atoms with Gasteiger partial charge in [0.1, 0.15) is 12.4 Å². The molecular formula is C23H35IN4O3. The molecule has 0 amide bonds. The Hall–Kier alpha value is -2.20. The third kappa shape index (κ3) is 9.22. The molecule has 0 saturated heterocycles. The molecule has 0 bridgehead atoms. The predicted octanol–water partition coefficient (Wildman–Crippen LogP) is 3.52. The first kappa shape index (κ1) is 26.8. The number of methoxy groups -OCH3 is 2. The molecule has 0 aromatic heterocycles. The molecule has 0 spiro atoms. The molecule has 2 aromatic rings. The van der Waals surface area contributed by atoms with Gasteiger partial charge < -0.3 is 29.7 Å². The molecule has 7 nitrogen and oxygen atoms in total. The number of nitrogens with one attached hydrogen (secondary N) is 2. The van der Waals surface area contributed by atoms with E-state index in [4.69, 9.17) is 19.2 Å². The molecule has 2 aromatic carbocycles. The fraction of sp³-hybridized carbons (Fsp3) is 0.435. The zero-order valence-corrected chi connectivity index (χ0v) is 21.4. The maximum atomic E-state index is 5.95. The van der Waals surface area contributed by atoms with Crippen molar-refractivity contribution >= 4 is 29.9 Å². The Morgan fingerprint density at radius 1 is 0.968 bits per heavy atom. The van der Waals surface area contributed by atoms with E-state index in [2.05, 4.69) is 21.6 Å². The lowest BCUT2D eigenvalue weighted by atomic mass is 10.2. The van der Waals surface area contributed by atoms with E-state index in [1.165, 1.54) is 0 Å². The number of ether oxygens (including phenoxy) is 3. The van der Waals surface area contributed by atoms with E-state index in [0.717, 1.165) is 35.9 Å². The van der Waals surface area contributed by atoms with E-state index in [1.807, 2.05) is 57.4 Å². The van der Waals surface area contributed by atoms with Crippen molar-refractivity contribution in [1.82, 2.24) is 15.5 Å². The summed E-state index contributed by atoms with van der Waals surface area (Å²) in [4.78, 5) is 6.80. The van der Waals surface area contributed by atoms with E-state index in [-0.39, 0.29) is 24.0 Å². The smallest absolute Gasteiger partial charge is 0.191 e. The topological polar surface area (TPSA) is 67.4 Å². The minimum Gasteiger partial charge on any atom is -0.493 e. The number of guanidine groups is 1. The van der Waals surface area contributed by atoms with Gasteiger partial charge in [0.05, 0.1) is 20.8 Å². The molecule has 31 heavy (non-hydrogen) atoms. The normalized spacial score (nSPS) is 11.0. The molecule has 0 aliphatic heterocycles. The molecule has 0 atom stereocenters. The summed E-state index contributed by atoms with van der Waals surface area (Å²) in [6.07, 6.45) is 0. The first-order chi connectivity index (χ1) is 14.6. The van der Waals surface area contributed by atoms with Crippen LogP contribution in [0, 0.1) is 0 Å². The van der Waals surface area contributed by atoms with Crippen LogP contribution >= 0.6 is 24.0 Å². The summed E-state index contributed by atoms with van der Waals surface area (Å²) < 4.78 is 16.6. The van der Waals surface area contributed by atoms with Crippen molar-refractivity contribution in [3.8, 4) is 17.2 Å². The van der Waals surface area contributed by atoms with Gasteiger partial charge in [-0.25, -0.2) is 4.99 Å². The van der Waals surface area contributed by atoms with Gasteiger partial charge in [0.2, 0.25) is 0 Å². The highest BCUT2D eigenvalue weighted by atomic mass is 127. The number of hydrogen-bond acceptors (Lipinski definition) is 5. The van der Waals surface area contributed by atoms with Crippen LogP contribution in [0.1, 0.15) is 18.1 Å². The van der Waals surface area contributed by atoms with Crippen LogP contribution in [0.15, 0.2) is 47.5 Å². The van der Waals surface area contributed by atoms with E-state index in [1.54, 1.807) is 14.2 Å². The number of benzene rings is 2. The van der Waals surface area contributed by atoms with Gasteiger partial charge in [-0.2, -0.15) is 0 Å². The number of nitrogens with zero attached hydrogens (tertiary/aromatic N) is 2. The fourth-order valence-corrected chi connectivity index (χ4v) is 2.80. The van der Waals surface area contributed by atoms with Crippen LogP contribution in [0.5, 0.6) is 17.2 Å². The lowest BCUT2D eigenvalue weighted by molar-refractivity contribution is 0.259. The van der Waals surface area contributed by atoms with Crippen LogP contribution < -0.4 is 24.8 Å². The number of rotatable bonds is 11. The van der Waals surface area contributed by atoms with Gasteiger partial charge in [0, 0.05) is 25.2 Å². The van der Waals surface area contributed by atoms with E-state index in [9.17, 15) is 0 Å². The van der Waals surface area contributed by atoms with Crippen molar-refractivity contribution in [1.29, 1.82) is 0 Å². The Labute approximate surface area is 203 Å². The molecule has 172 valence electrons. The number of para-hydroxylation sites is 1. The molecule has 0 aliphatic rings. The van der Waals surface area contributed by atoms with Gasteiger partial charge in [-0.1, -0.05) is 24.3 Å². The van der Waals surface area contributed by atoms with Gasteiger partial charge in [-0.15, -0.1) is 24.0 Å². The van der Waals surface area contributed by atoms with Crippen molar-refractivity contribution in [2.75, 3.05) is 48.0 Å². The molecule has 0 unspecified atom stereocenters. The number of hydrogen-bond donors (Lipinski definition) is 2. The molecule has 0 fully saturated rings. The second-order valence-corrected chi connectivity index (χ2v) is 7.00. The van der Waals surface area contributed by atoms with E-state index in [0.29, 0.717) is 31.2 Å². The molecule has 8 heteroatoms. The minimum atomic E-state index is 0. The molecule has 0 saturated carbocycles. The average molecular weight is 542 g/mol. The Balaban J connectivity index is 0.00000480. The Bertz CT molecular complexity index is 815. The standard InChI is InChI=1S/C23H34N4O3.HI/c1-6-24-23(25-16-18-11-12-21(28-4)22(15-18)29-5)26-17-19-9-7-8-10-20(19)30-14-13-27(2)3;/h7-12,15H,6,13-14,16-17H2,1-5H3,(H2,24,25,26);1H. The van der Waals surface area contributed by atoms with Gasteiger partial charge in [0.15, 0.2) is 17.5 Å². The van der Waals surface area contributed by atoms with Crippen molar-refractivity contribution < 1.29 is 14.2 Å². The molecular weight excluding hydrogens is 507 g/mol. The van der Waals surface area contributed by atoms with Crippen molar-refractivity contribution in [3.05, 3.63) is 53.6 Å². The number of aliphatic imine (C=N–C) groups is 1. The summed E-state index contributed by atoms with van der Waals surface area (Å²) in [7, 11) is 7.34. The maximum absolute atomic E-state index is 5.95. The molecule has 0 radical (unpaired) electrons. The molecule has 0 aliphatic carbocycles. The molecule has 0 heterocycles. The SMILES string of the molecule is CCNC(=NCc1ccc(OC)c(OC)c1)NCc1ccccc1OCCN(C)C.I. The highest BCUT2D eigenvalue weighted by molar-refractivity contribution is 14.0. The van der Waals surface area contributed by atoms with Crippen LogP contribution in [0.2, 0.25) is 0 Å². The van der Waals surface area contributed by atoms with E-state index < -0.39 is 0 Å². The minimum absolute atomic E-state index is 0. The second kappa shape index (κ2) is 14.7. The monoisotopic (exact) mass is 542 g/mol. The zero-order valence-electron chi connectivity index (χ0n) is 19.1. The van der Waals surface area contributed by atoms with Crippen LogP contribution in [0.3, 0.4) is 0 Å². The summed E-state index contributed by atoms with van der Waals surface area (Å²) in [6.45, 7) is 5.49. The van der Waals surface area contributed by atoms with E-state index >= 15 is 0 Å². The van der Waals surface area contributed by atoms with Crippen molar-refractivity contribution in [3.63, 3.8) is 0 Å². The quantitative estimate of drug-likeness (QED) is 0.258. The van der Waals surface area contributed by atoms with Gasteiger partial charge >= 0.3 is 0 Å². The third-order valence-electron chi connectivity index (χ3n) is 4.43. The summed E-state index contributed by atoms with van der Waals surface area (Å²) in [5.41, 5.74) is 2.13. The number of likely N-dealkylation sites (N-methyl/N-ethyl adjacent to an activating group) is 1.